The number of aliphatic hydroxyl groups is 17. The summed E-state index contributed by atoms with van der Waals surface area (Å²) in [5.41, 5.74) is 0. The molecule has 32 atom stereocenters. The summed E-state index contributed by atoms with van der Waals surface area (Å²) in [6, 6.07) is 0. The average molecular weight is 1150 g/mol. The van der Waals surface area contributed by atoms with Gasteiger partial charge in [-0.1, -0.05) is 0 Å². The molecular formula is C44H74O34. The van der Waals surface area contributed by atoms with Crippen LogP contribution in [0.1, 0.15) is 13.8 Å². The number of hydrogen-bond donors (Lipinski definition) is 18. The molecule has 34 heteroatoms. The molecule has 0 aromatic carbocycles. The lowest BCUT2D eigenvalue weighted by atomic mass is 9.94. The Bertz CT molecular complexity index is 1820. The molecule has 22 aliphatic heterocycles. The van der Waals surface area contributed by atoms with Crippen LogP contribution in [0.2, 0.25) is 0 Å². The van der Waals surface area contributed by atoms with Gasteiger partial charge in [-0.15, -0.1) is 0 Å². The summed E-state index contributed by atoms with van der Waals surface area (Å²) in [7, 11) is 0. The van der Waals surface area contributed by atoms with Crippen LogP contribution < -0.4 is 0 Å². The zero-order valence-electron chi connectivity index (χ0n) is 41.9. The molecule has 2 unspecified atom stereocenters. The first-order chi connectivity index (χ1) is 37.1. The van der Waals surface area contributed by atoms with Gasteiger partial charge in [0.15, 0.2) is 37.7 Å². The molecule has 34 nitrogen and oxygen atoms in total. The van der Waals surface area contributed by atoms with E-state index in [0.717, 1.165) is 0 Å². The van der Waals surface area contributed by atoms with Crippen molar-refractivity contribution in [3.05, 3.63) is 0 Å². The highest BCUT2D eigenvalue weighted by molar-refractivity contribution is 5.68. The SMILES string of the molecule is CC(O)CO[C@@H]1[C@@H](O)[C@H]2O[C@H]3[C@H](O)[C@@H](O)[C@@H](O[C@H]4[C@H](O)[C@@H](O)[C@@H](O[C@H]5[C@H](O)[C@@H](O)[C@@H](O[C@H]6[C@H](O)[C@@H](O)[C@@H](O[C@@H]7[C@H](OCC(C)OCC(=O)O)[C@@H](O)[C@@H](O[C@H]1[C@@H](CO)O2)O[C@@H]7CO)O[C@@H]6CO)O[C@@H]5CO)O[C@@H]4CO)O[C@@H]3CO. The van der Waals surface area contributed by atoms with Crippen molar-refractivity contribution >= 4 is 5.97 Å². The highest BCUT2D eigenvalue weighted by Crippen LogP contribution is 2.39. The Balaban J connectivity index is 1.25. The second-order valence-electron chi connectivity index (χ2n) is 19.8. The lowest BCUT2D eigenvalue weighted by Crippen LogP contribution is -2.69. The van der Waals surface area contributed by atoms with Crippen molar-refractivity contribution in [2.75, 3.05) is 59.5 Å². The Morgan fingerprint density at radius 2 is 0.615 bits per heavy atom. The van der Waals surface area contributed by atoms with Gasteiger partial charge in [0.1, 0.15) is 153 Å². The molecule has 22 saturated heterocycles. The molecule has 0 aromatic heterocycles. The fourth-order valence-corrected chi connectivity index (χ4v) is 10.0. The predicted octanol–water partition coefficient (Wildman–Crippen LogP) is -12.1. The van der Waals surface area contributed by atoms with Gasteiger partial charge in [-0.3, -0.25) is 0 Å². The number of aliphatic carboxylic acids is 1. The van der Waals surface area contributed by atoms with E-state index in [1.807, 2.05) is 0 Å². The topological polar surface area (TPSA) is 520 Å². The van der Waals surface area contributed by atoms with Crippen LogP contribution in [0.4, 0.5) is 0 Å². The van der Waals surface area contributed by atoms with E-state index in [2.05, 4.69) is 0 Å². The molecule has 18 N–H and O–H groups in total. The molecule has 0 amide bonds. The summed E-state index contributed by atoms with van der Waals surface area (Å²) in [4.78, 5) is 11.3. The van der Waals surface area contributed by atoms with Crippen LogP contribution in [0.5, 0.6) is 0 Å². The van der Waals surface area contributed by atoms with Crippen LogP contribution in [-0.2, 0) is 75.8 Å². The zero-order valence-corrected chi connectivity index (χ0v) is 41.9. The summed E-state index contributed by atoms with van der Waals surface area (Å²) in [5.74, 6) is -1.35. The maximum atomic E-state index is 12.1. The Kier molecular flexibility index (Phi) is 23.0. The first-order valence-corrected chi connectivity index (χ1v) is 25.2. The third-order valence-electron chi connectivity index (χ3n) is 14.2. The number of ether oxygens (including phenoxy) is 15. The number of aliphatic hydroxyl groups excluding tert-OH is 17. The quantitative estimate of drug-likeness (QED) is 0.0724. The first-order valence-electron chi connectivity index (χ1n) is 25.2. The molecule has 0 radical (unpaired) electrons. The number of carbonyl (C=O) groups is 1. The normalized spacial score (nSPS) is 49.5. The summed E-state index contributed by atoms with van der Waals surface area (Å²) >= 11 is 0. The Morgan fingerprint density at radius 1 is 0.372 bits per heavy atom. The number of hydrogen-bond acceptors (Lipinski definition) is 33. The van der Waals surface area contributed by atoms with Gasteiger partial charge in [-0.05, 0) is 13.8 Å². The fourth-order valence-electron chi connectivity index (χ4n) is 10.0. The minimum Gasteiger partial charge on any atom is -0.480 e. The summed E-state index contributed by atoms with van der Waals surface area (Å²) in [6.07, 6.45) is -60.6. The average Bonchev–Trinajstić information content (AvgIpc) is 3.49. The lowest BCUT2D eigenvalue weighted by molar-refractivity contribution is -0.406. The van der Waals surface area contributed by atoms with E-state index >= 15 is 0 Å². The standard InChI is InChI=1S/C44H74O34/c1-12(51)9-65-37-29(62)43-71-18(7-49)35(37)78-44-30(63)38(66-10-13(2)64-11-20(52)53)36(19(8-50)72-44)77-42-28(61)24(57)33(16(5-47)70-42)75-40-26(59)22(55)31(14(3-45)68-40)73-39-25(58)21(54)32(15(4-46)67-39)74-41-27(60)23(56)34(76-43)17(6-48)69-41/h12-19,21-51,54-63H,3-11H2,1-2H3,(H,52,53)/t12?,13?,14-,15-,16-,17-,18-,19-,21-,22-,23-,24-,25-,26-,27-,28-,29-,30-,31-,32-,33-,34-,35+,36+,37-,38-,39-,40-,41-,42-,43-,44-/m1/s1. The van der Waals surface area contributed by atoms with Gasteiger partial charge in [0.05, 0.1) is 65.1 Å². The van der Waals surface area contributed by atoms with E-state index in [1.54, 1.807) is 0 Å². The second-order valence-corrected chi connectivity index (χ2v) is 19.8. The van der Waals surface area contributed by atoms with E-state index < -0.39 is 262 Å². The second kappa shape index (κ2) is 28.2. The van der Waals surface area contributed by atoms with Gasteiger partial charge in [0.25, 0.3) is 0 Å². The summed E-state index contributed by atoms with van der Waals surface area (Å²) in [6.45, 7) is -5.30. The molecule has 0 saturated carbocycles. The summed E-state index contributed by atoms with van der Waals surface area (Å²) < 4.78 is 87.4. The van der Waals surface area contributed by atoms with Gasteiger partial charge >= 0.3 is 5.97 Å². The molecule has 22 heterocycles. The smallest absolute Gasteiger partial charge is 0.329 e. The number of carboxylic acids is 1. The molecule has 0 spiro atoms. The van der Waals surface area contributed by atoms with Gasteiger partial charge < -0.3 is 163 Å². The summed E-state index contributed by atoms with van der Waals surface area (Å²) in [5, 5.41) is 198. The minimum atomic E-state index is -2.20. The van der Waals surface area contributed by atoms with Crippen molar-refractivity contribution in [3.8, 4) is 0 Å². The van der Waals surface area contributed by atoms with Gasteiger partial charge in [-0.2, -0.15) is 0 Å². The molecule has 22 rings (SSSR count). The van der Waals surface area contributed by atoms with Crippen molar-refractivity contribution in [1.82, 2.24) is 0 Å². The molecule has 0 aromatic rings. The molecule has 0 aliphatic carbocycles. The van der Waals surface area contributed by atoms with E-state index in [-0.39, 0.29) is 0 Å². The highest BCUT2D eigenvalue weighted by atomic mass is 16.8. The maximum Gasteiger partial charge on any atom is 0.329 e. The largest absolute Gasteiger partial charge is 0.480 e. The van der Waals surface area contributed by atoms with Gasteiger partial charge in [-0.25, -0.2) is 4.79 Å². The predicted molar refractivity (Wildman–Crippen MR) is 238 cm³/mol. The number of rotatable bonds is 15. The van der Waals surface area contributed by atoms with E-state index in [9.17, 15) is 96.7 Å². The van der Waals surface area contributed by atoms with Crippen LogP contribution >= 0.6 is 0 Å². The maximum absolute atomic E-state index is 12.1. The third-order valence-corrected chi connectivity index (χ3v) is 14.2. The van der Waals surface area contributed by atoms with E-state index in [1.165, 1.54) is 13.8 Å². The van der Waals surface area contributed by atoms with Crippen LogP contribution in [0.25, 0.3) is 0 Å². The van der Waals surface area contributed by atoms with Gasteiger partial charge in [0.2, 0.25) is 0 Å². The van der Waals surface area contributed by atoms with Crippen LogP contribution in [-0.4, -0.2) is 354 Å². The van der Waals surface area contributed by atoms with Crippen molar-refractivity contribution in [3.63, 3.8) is 0 Å². The Hall–Kier alpha value is -1.81. The van der Waals surface area contributed by atoms with Crippen molar-refractivity contribution in [2.45, 2.75) is 210 Å². The molecular weight excluding hydrogens is 1070 g/mol. The number of carboxylic acid groups (broad SMARTS) is 1. The zero-order chi connectivity index (χ0) is 57.0. The molecule has 22 fully saturated rings. The molecule has 78 heavy (non-hydrogen) atoms. The fraction of sp³-hybridized carbons (Fsp3) is 0.977. The molecule has 22 aliphatic rings. The van der Waals surface area contributed by atoms with Crippen LogP contribution in [0, 0.1) is 0 Å². The first kappa shape index (κ1) is 63.8. The Morgan fingerprint density at radius 3 is 0.872 bits per heavy atom. The molecule has 12 bridgehead atoms. The third kappa shape index (κ3) is 13.9. The Labute approximate surface area is 443 Å². The van der Waals surface area contributed by atoms with Crippen molar-refractivity contribution in [1.29, 1.82) is 0 Å². The van der Waals surface area contributed by atoms with Crippen molar-refractivity contribution < 1.29 is 168 Å². The van der Waals surface area contributed by atoms with E-state index in [0.29, 0.717) is 0 Å². The lowest BCUT2D eigenvalue weighted by Gasteiger charge is -2.51. The molecule has 454 valence electrons. The van der Waals surface area contributed by atoms with Crippen LogP contribution in [0.3, 0.4) is 0 Å². The van der Waals surface area contributed by atoms with Crippen molar-refractivity contribution in [2.24, 2.45) is 0 Å². The monoisotopic (exact) mass is 1150 g/mol. The van der Waals surface area contributed by atoms with Gasteiger partial charge in [0, 0.05) is 0 Å². The minimum absolute atomic E-state index is 0.529. The van der Waals surface area contributed by atoms with Crippen LogP contribution in [0.15, 0.2) is 0 Å². The van der Waals surface area contributed by atoms with E-state index in [4.69, 9.17) is 71.1 Å². The highest BCUT2D eigenvalue weighted by Gasteiger charge is 2.59.